The van der Waals surface area contributed by atoms with Gasteiger partial charge < -0.3 is 5.32 Å². The molecule has 34 heavy (non-hydrogen) atoms. The number of pyridine rings is 1. The van der Waals surface area contributed by atoms with Gasteiger partial charge in [-0.25, -0.2) is 0 Å². The summed E-state index contributed by atoms with van der Waals surface area (Å²) in [7, 11) is 0. The van der Waals surface area contributed by atoms with Crippen molar-refractivity contribution in [3.8, 4) is 22.8 Å². The zero-order valence-corrected chi connectivity index (χ0v) is 18.8. The molecule has 5 rings (SSSR count). The highest BCUT2D eigenvalue weighted by molar-refractivity contribution is 5.91. The molecule has 0 fully saturated rings. The van der Waals surface area contributed by atoms with Gasteiger partial charge in [-0.3, -0.25) is 9.78 Å². The Morgan fingerprint density at radius 2 is 1.74 bits per heavy atom. The minimum absolute atomic E-state index is 0.0172. The number of nitrogens with one attached hydrogen (secondary N) is 1. The summed E-state index contributed by atoms with van der Waals surface area (Å²) in [6.45, 7) is 2.13. The van der Waals surface area contributed by atoms with E-state index in [1.54, 1.807) is 10.7 Å². The van der Waals surface area contributed by atoms with Crippen LogP contribution < -0.4 is 5.32 Å². The topological polar surface area (TPSA) is 85.1 Å². The molecular weight excluding hydrogens is 424 g/mol. The van der Waals surface area contributed by atoms with E-state index >= 15 is 0 Å². The Hall–Kier alpha value is -4.39. The van der Waals surface area contributed by atoms with E-state index in [0.717, 1.165) is 28.9 Å². The van der Waals surface area contributed by atoms with Crippen molar-refractivity contribution in [2.45, 2.75) is 26.2 Å². The van der Waals surface area contributed by atoms with Crippen LogP contribution in [-0.2, 0) is 17.6 Å². The van der Waals surface area contributed by atoms with E-state index in [9.17, 15) is 4.79 Å². The number of aryl methyl sites for hydroxylation is 2. The molecule has 0 atom stereocenters. The Kier molecular flexibility index (Phi) is 6.07. The third-order valence-corrected chi connectivity index (χ3v) is 5.67. The van der Waals surface area contributed by atoms with E-state index in [4.69, 9.17) is 5.10 Å². The van der Waals surface area contributed by atoms with Crippen molar-refractivity contribution in [3.63, 3.8) is 0 Å². The van der Waals surface area contributed by atoms with E-state index in [0.29, 0.717) is 30.0 Å². The lowest BCUT2D eigenvalue weighted by Crippen LogP contribution is -2.12. The molecule has 0 bridgehead atoms. The van der Waals surface area contributed by atoms with E-state index in [-0.39, 0.29) is 5.91 Å². The van der Waals surface area contributed by atoms with Crippen LogP contribution in [-0.4, -0.2) is 30.7 Å². The molecule has 0 spiro atoms. The molecular formula is C27H24N6O. The predicted octanol–water partition coefficient (Wildman–Crippen LogP) is 4.99. The summed E-state index contributed by atoms with van der Waals surface area (Å²) in [5, 5.41) is 16.2. The molecule has 7 heteroatoms. The van der Waals surface area contributed by atoms with Crippen LogP contribution in [0.4, 0.5) is 5.69 Å². The first-order valence-electron chi connectivity index (χ1n) is 11.3. The Morgan fingerprint density at radius 1 is 0.882 bits per heavy atom. The summed E-state index contributed by atoms with van der Waals surface area (Å²) in [6, 6.07) is 25.5. The second-order valence-corrected chi connectivity index (χ2v) is 8.03. The summed E-state index contributed by atoms with van der Waals surface area (Å²) < 4.78 is 1.69. The Balaban J connectivity index is 1.32. The van der Waals surface area contributed by atoms with Crippen molar-refractivity contribution in [1.29, 1.82) is 0 Å². The second kappa shape index (κ2) is 9.62. The molecule has 2 aromatic carbocycles. The standard InChI is InChI=1S/C27H24N6O/c1-2-19-9-11-20(12-10-19)13-16-26(34)29-22-7-5-6-21(18-22)23-14-15-25-30-31-27(33(25)32-23)24-8-3-4-17-28-24/h3-12,14-15,17-18H,2,13,16H2,1H3,(H,29,34). The molecule has 1 amide bonds. The van der Waals surface area contributed by atoms with Crippen molar-refractivity contribution in [2.75, 3.05) is 5.32 Å². The number of fused-ring (bicyclic) bond motifs is 1. The first kappa shape index (κ1) is 21.5. The predicted molar refractivity (Wildman–Crippen MR) is 132 cm³/mol. The minimum atomic E-state index is -0.0172. The van der Waals surface area contributed by atoms with E-state index < -0.39 is 0 Å². The van der Waals surface area contributed by atoms with Gasteiger partial charge in [-0.05, 0) is 60.4 Å². The van der Waals surface area contributed by atoms with Gasteiger partial charge in [0, 0.05) is 23.9 Å². The molecule has 0 unspecified atom stereocenters. The highest BCUT2D eigenvalue weighted by Gasteiger charge is 2.12. The van der Waals surface area contributed by atoms with Crippen molar-refractivity contribution in [2.24, 2.45) is 0 Å². The number of aromatic nitrogens is 5. The van der Waals surface area contributed by atoms with E-state index in [2.05, 4.69) is 51.7 Å². The SMILES string of the molecule is CCc1ccc(CCC(=O)Nc2cccc(-c3ccc4nnc(-c5ccccn5)n4n3)c2)cc1. The molecule has 3 aromatic heterocycles. The van der Waals surface area contributed by atoms with Gasteiger partial charge in [0.05, 0.1) is 5.69 Å². The average molecular weight is 449 g/mol. The number of hydrogen-bond acceptors (Lipinski definition) is 5. The minimum Gasteiger partial charge on any atom is -0.326 e. The van der Waals surface area contributed by atoms with Crippen LogP contribution in [0.5, 0.6) is 0 Å². The molecule has 0 saturated heterocycles. The van der Waals surface area contributed by atoms with Crippen LogP contribution in [0, 0.1) is 0 Å². The van der Waals surface area contributed by atoms with Crippen LogP contribution >= 0.6 is 0 Å². The van der Waals surface area contributed by atoms with Crippen LogP contribution in [0.2, 0.25) is 0 Å². The molecule has 168 valence electrons. The molecule has 0 aliphatic heterocycles. The average Bonchev–Trinajstić information content (AvgIpc) is 3.32. The van der Waals surface area contributed by atoms with Gasteiger partial charge in [0.15, 0.2) is 5.65 Å². The lowest BCUT2D eigenvalue weighted by Gasteiger charge is -2.08. The third kappa shape index (κ3) is 4.68. The monoisotopic (exact) mass is 448 g/mol. The van der Waals surface area contributed by atoms with Crippen LogP contribution in [0.25, 0.3) is 28.4 Å². The smallest absolute Gasteiger partial charge is 0.224 e. The van der Waals surface area contributed by atoms with Crippen molar-refractivity contribution < 1.29 is 4.79 Å². The Bertz CT molecular complexity index is 1430. The fourth-order valence-corrected chi connectivity index (χ4v) is 3.78. The summed E-state index contributed by atoms with van der Waals surface area (Å²) in [4.78, 5) is 16.9. The van der Waals surface area contributed by atoms with Crippen molar-refractivity contribution in [3.05, 3.63) is 96.2 Å². The van der Waals surface area contributed by atoms with Gasteiger partial charge in [-0.1, -0.05) is 49.4 Å². The van der Waals surface area contributed by atoms with Gasteiger partial charge >= 0.3 is 0 Å². The summed E-state index contributed by atoms with van der Waals surface area (Å²) in [5.74, 6) is 0.560. The maximum Gasteiger partial charge on any atom is 0.224 e. The molecule has 0 radical (unpaired) electrons. The number of amides is 1. The van der Waals surface area contributed by atoms with Crippen LogP contribution in [0.15, 0.2) is 85.1 Å². The highest BCUT2D eigenvalue weighted by Crippen LogP contribution is 2.23. The first-order valence-corrected chi connectivity index (χ1v) is 11.3. The van der Waals surface area contributed by atoms with Crippen molar-refractivity contribution in [1.82, 2.24) is 24.8 Å². The molecule has 0 aliphatic rings. The van der Waals surface area contributed by atoms with Crippen LogP contribution in [0.3, 0.4) is 0 Å². The molecule has 0 aliphatic carbocycles. The zero-order valence-electron chi connectivity index (χ0n) is 18.8. The quantitative estimate of drug-likeness (QED) is 0.379. The molecule has 0 saturated carbocycles. The maximum atomic E-state index is 12.5. The fourth-order valence-electron chi connectivity index (χ4n) is 3.78. The lowest BCUT2D eigenvalue weighted by atomic mass is 10.1. The molecule has 1 N–H and O–H groups in total. The number of benzene rings is 2. The van der Waals surface area contributed by atoms with Gasteiger partial charge in [0.1, 0.15) is 5.69 Å². The Labute approximate surface area is 197 Å². The highest BCUT2D eigenvalue weighted by atomic mass is 16.1. The summed E-state index contributed by atoms with van der Waals surface area (Å²) >= 11 is 0. The van der Waals surface area contributed by atoms with E-state index in [1.807, 2.05) is 54.6 Å². The van der Waals surface area contributed by atoms with Gasteiger partial charge in [-0.2, -0.15) is 9.61 Å². The third-order valence-electron chi connectivity index (χ3n) is 5.67. The zero-order chi connectivity index (χ0) is 23.3. The molecule has 7 nitrogen and oxygen atoms in total. The number of anilines is 1. The lowest BCUT2D eigenvalue weighted by molar-refractivity contribution is -0.116. The van der Waals surface area contributed by atoms with Crippen LogP contribution in [0.1, 0.15) is 24.5 Å². The molecule has 3 heterocycles. The number of rotatable bonds is 7. The van der Waals surface area contributed by atoms with Gasteiger partial charge in [-0.15, -0.1) is 10.2 Å². The number of carbonyl (C=O) groups is 1. The van der Waals surface area contributed by atoms with Gasteiger partial charge in [0.2, 0.25) is 11.7 Å². The maximum absolute atomic E-state index is 12.5. The largest absolute Gasteiger partial charge is 0.326 e. The van der Waals surface area contributed by atoms with Gasteiger partial charge in [0.25, 0.3) is 0 Å². The summed E-state index contributed by atoms with van der Waals surface area (Å²) in [6.07, 6.45) is 3.86. The molecule has 5 aromatic rings. The normalized spacial score (nSPS) is 11.0. The van der Waals surface area contributed by atoms with E-state index in [1.165, 1.54) is 5.56 Å². The number of carbonyl (C=O) groups excluding carboxylic acids is 1. The number of nitrogens with zero attached hydrogens (tertiary/aromatic N) is 5. The Morgan fingerprint density at radius 3 is 2.53 bits per heavy atom. The summed E-state index contributed by atoms with van der Waals surface area (Å²) in [5.41, 5.74) is 6.17. The first-order chi connectivity index (χ1) is 16.7. The second-order valence-electron chi connectivity index (χ2n) is 8.03. The number of hydrogen-bond donors (Lipinski definition) is 1. The fraction of sp³-hybridized carbons (Fsp3) is 0.148. The van der Waals surface area contributed by atoms with Crippen molar-refractivity contribution >= 4 is 17.2 Å².